The van der Waals surface area contributed by atoms with E-state index >= 15 is 0 Å². The normalized spacial score (nSPS) is 12.0. The van der Waals surface area contributed by atoms with Gasteiger partial charge in [-0.15, -0.1) is 22.7 Å². The molecule has 0 saturated heterocycles. The Morgan fingerprint density at radius 1 is 0.212 bits per heavy atom. The van der Waals surface area contributed by atoms with Crippen LogP contribution in [0.4, 0.5) is 0 Å². The van der Waals surface area contributed by atoms with Gasteiger partial charge in [0.2, 0.25) is 0 Å². The number of fused-ring (bicyclic) bond motifs is 13. The van der Waals surface area contributed by atoms with Crippen molar-refractivity contribution in [1.29, 1.82) is 0 Å². The van der Waals surface area contributed by atoms with E-state index in [2.05, 4.69) is 302 Å². The molecule has 0 atom stereocenters. The second-order valence-corrected chi connectivity index (χ2v) is 24.8. The summed E-state index contributed by atoms with van der Waals surface area (Å²) in [6.45, 7) is 0. The fourth-order valence-electron chi connectivity index (χ4n) is 13.9. The van der Waals surface area contributed by atoms with Crippen molar-refractivity contribution in [2.24, 2.45) is 0 Å². The second kappa shape index (κ2) is 19.1. The third kappa shape index (κ3) is 7.68. The van der Waals surface area contributed by atoms with E-state index in [4.69, 9.17) is 0 Å². The zero-order chi connectivity index (χ0) is 55.7. The van der Waals surface area contributed by atoms with Gasteiger partial charge in [-0.3, -0.25) is 0 Å². The van der Waals surface area contributed by atoms with Crippen molar-refractivity contribution >= 4 is 128 Å². The van der Waals surface area contributed by atoms with Crippen molar-refractivity contribution in [2.45, 2.75) is 0 Å². The van der Waals surface area contributed by atoms with Crippen LogP contribution in [-0.2, 0) is 0 Å². The van der Waals surface area contributed by atoms with Crippen LogP contribution >= 0.6 is 22.7 Å². The van der Waals surface area contributed by atoms with Crippen molar-refractivity contribution in [3.63, 3.8) is 0 Å². The lowest BCUT2D eigenvalue weighted by Gasteiger charge is -2.20. The van der Waals surface area contributed by atoms with Gasteiger partial charge in [-0.2, -0.15) is 0 Å². The quantitative estimate of drug-likeness (QED) is 0.140. The molecule has 0 aliphatic rings. The highest BCUT2D eigenvalue weighted by Gasteiger charge is 2.22. The Labute approximate surface area is 498 Å². The maximum absolute atomic E-state index is 2.53. The zero-order valence-corrected chi connectivity index (χ0v) is 47.7. The van der Waals surface area contributed by atoms with E-state index in [1.807, 2.05) is 22.7 Å². The molecule has 3 heterocycles. The molecule has 0 aliphatic heterocycles. The summed E-state index contributed by atoms with van der Waals surface area (Å²) in [6.07, 6.45) is 0. The van der Waals surface area contributed by atoms with E-state index in [1.165, 1.54) is 172 Å². The summed E-state index contributed by atoms with van der Waals surface area (Å²) in [6, 6.07) is 111. The Morgan fingerprint density at radius 3 is 1.11 bits per heavy atom. The molecule has 85 heavy (non-hydrogen) atoms. The van der Waals surface area contributed by atoms with Crippen molar-refractivity contribution in [3.05, 3.63) is 297 Å². The van der Waals surface area contributed by atoms with Crippen LogP contribution in [-0.4, -0.2) is 4.57 Å². The Balaban J connectivity index is 0.869. The molecule has 1 nitrogen and oxygen atoms in total. The monoisotopic (exact) mass is 1110 g/mol. The summed E-state index contributed by atoms with van der Waals surface area (Å²) in [5, 5.41) is 17.6. The summed E-state index contributed by atoms with van der Waals surface area (Å²) in [5.74, 6) is 0. The number of benzene rings is 15. The van der Waals surface area contributed by atoms with Gasteiger partial charge in [-0.25, -0.2) is 0 Å². The minimum Gasteiger partial charge on any atom is -0.309 e. The molecule has 0 radical (unpaired) electrons. The summed E-state index contributed by atoms with van der Waals surface area (Å²) >= 11 is 3.79. The first-order valence-corrected chi connectivity index (χ1v) is 30.8. The third-order valence-electron chi connectivity index (χ3n) is 18.0. The minimum atomic E-state index is 1.12. The number of hydrogen-bond acceptors (Lipinski definition) is 2. The zero-order valence-electron chi connectivity index (χ0n) is 46.1. The van der Waals surface area contributed by atoms with Crippen LogP contribution in [0.3, 0.4) is 0 Å². The van der Waals surface area contributed by atoms with Gasteiger partial charge in [0.05, 0.1) is 11.0 Å². The molecule has 0 spiro atoms. The summed E-state index contributed by atoms with van der Waals surface area (Å²) in [5.41, 5.74) is 18.1. The van der Waals surface area contributed by atoms with Gasteiger partial charge in [-0.1, -0.05) is 237 Å². The van der Waals surface area contributed by atoms with Crippen molar-refractivity contribution < 1.29 is 0 Å². The van der Waals surface area contributed by atoms with Crippen molar-refractivity contribution in [1.82, 2.24) is 4.57 Å². The number of rotatable bonds is 7. The Hall–Kier alpha value is -10.4. The topological polar surface area (TPSA) is 4.93 Å². The molecule has 0 N–H and O–H groups in total. The van der Waals surface area contributed by atoms with Gasteiger partial charge in [0.15, 0.2) is 0 Å². The highest BCUT2D eigenvalue weighted by atomic mass is 32.1. The van der Waals surface area contributed by atoms with E-state index in [-0.39, 0.29) is 0 Å². The molecule has 18 rings (SSSR count). The maximum atomic E-state index is 2.53. The smallest absolute Gasteiger partial charge is 0.0541 e. The van der Waals surface area contributed by atoms with Crippen LogP contribution in [0.25, 0.3) is 178 Å². The predicted molar refractivity (Wildman–Crippen MR) is 369 cm³/mol. The highest BCUT2D eigenvalue weighted by molar-refractivity contribution is 7.26. The molecule has 0 aliphatic carbocycles. The molecule has 0 unspecified atom stereocenters. The largest absolute Gasteiger partial charge is 0.309 e. The number of nitrogens with zero attached hydrogens (tertiary/aromatic N) is 1. The lowest BCUT2D eigenvalue weighted by atomic mass is 9.85. The molecule has 0 amide bonds. The number of hydrogen-bond donors (Lipinski definition) is 0. The molecule has 0 fully saturated rings. The predicted octanol–water partition coefficient (Wildman–Crippen LogP) is 24.1. The van der Waals surface area contributed by atoms with Gasteiger partial charge in [-0.05, 0) is 171 Å². The van der Waals surface area contributed by atoms with Crippen LogP contribution in [0, 0.1) is 0 Å². The van der Waals surface area contributed by atoms with Crippen LogP contribution in [0.2, 0.25) is 0 Å². The number of aromatic nitrogens is 1. The lowest BCUT2D eigenvalue weighted by Crippen LogP contribution is -1.96. The van der Waals surface area contributed by atoms with Gasteiger partial charge < -0.3 is 4.57 Å². The molecule has 18 aromatic rings. The molecule has 394 valence electrons. The second-order valence-electron chi connectivity index (χ2n) is 22.7. The van der Waals surface area contributed by atoms with Crippen LogP contribution < -0.4 is 0 Å². The molecular weight excluding hydrogens is 1060 g/mol. The first-order valence-electron chi connectivity index (χ1n) is 29.2. The first kappa shape index (κ1) is 48.1. The first-order chi connectivity index (χ1) is 42.1. The maximum Gasteiger partial charge on any atom is 0.0541 e. The molecule has 15 aromatic carbocycles. The molecule has 0 saturated carbocycles. The van der Waals surface area contributed by atoms with E-state index in [0.29, 0.717) is 0 Å². The standard InChI is InChI=1S/C82H49NS2/c1-3-15-56-45-58(37-31-50(56)13-1)52-27-33-54(34-28-52)79-67-19-5-6-20-68(67)80(55-35-29-53(30-36-55)59-38-32-51-14-2-4-16-57(51)46-59)74-49-62(41-42-69(74)79)83-75-43-39-60(63-21-11-23-70-65-17-7-9-25-77(65)84-81(63)70)47-72(75)73-48-61(40-44-76(73)83)64-22-12-24-71-66-18-8-10-26-78(66)85-82(64)71/h1-49H. The van der Waals surface area contributed by atoms with Crippen LogP contribution in [0.5, 0.6) is 0 Å². The van der Waals surface area contributed by atoms with E-state index in [9.17, 15) is 0 Å². The lowest BCUT2D eigenvalue weighted by molar-refractivity contribution is 1.19. The van der Waals surface area contributed by atoms with E-state index in [0.717, 1.165) is 5.69 Å². The van der Waals surface area contributed by atoms with Gasteiger partial charge in [0.25, 0.3) is 0 Å². The minimum absolute atomic E-state index is 1.12. The molecule has 0 bridgehead atoms. The molecule has 3 heteroatoms. The molecular formula is C82H49NS2. The summed E-state index contributed by atoms with van der Waals surface area (Å²) in [4.78, 5) is 0. The van der Waals surface area contributed by atoms with E-state index in [1.54, 1.807) is 0 Å². The fourth-order valence-corrected chi connectivity index (χ4v) is 16.4. The van der Waals surface area contributed by atoms with Gasteiger partial charge in [0.1, 0.15) is 0 Å². The van der Waals surface area contributed by atoms with Crippen LogP contribution in [0.1, 0.15) is 0 Å². The van der Waals surface area contributed by atoms with Crippen molar-refractivity contribution in [2.75, 3.05) is 0 Å². The van der Waals surface area contributed by atoms with Crippen molar-refractivity contribution in [3.8, 4) is 72.4 Å². The fraction of sp³-hybridized carbons (Fsp3) is 0. The third-order valence-corrected chi connectivity index (χ3v) is 20.4. The van der Waals surface area contributed by atoms with E-state index < -0.39 is 0 Å². The SMILES string of the molecule is c1ccc2cc(-c3ccc(-c4c5ccccc5c(-c5ccc(-c6ccc7ccccc7c6)cc5)c5cc(-n6c7ccc(-c8cccc9c8sc8ccccc89)cc7c7cc(-c8cccc9c8sc8ccccc89)ccc76)ccc45)cc3)ccc2c1. The molecule has 3 aromatic heterocycles. The Kier molecular flexibility index (Phi) is 10.8. The average Bonchev–Trinajstić information content (AvgIpc) is 2.56. The summed E-state index contributed by atoms with van der Waals surface area (Å²) < 4.78 is 7.80. The highest BCUT2D eigenvalue weighted by Crippen LogP contribution is 2.48. The Morgan fingerprint density at radius 2 is 0.600 bits per heavy atom. The van der Waals surface area contributed by atoms with Gasteiger partial charge in [0, 0.05) is 56.8 Å². The number of thiophene rings is 2. The average molecular weight is 1110 g/mol. The van der Waals surface area contributed by atoms with Gasteiger partial charge >= 0.3 is 0 Å². The summed E-state index contributed by atoms with van der Waals surface area (Å²) in [7, 11) is 0. The van der Waals surface area contributed by atoms with Crippen LogP contribution in [0.15, 0.2) is 297 Å². The Bertz CT molecular complexity index is 5600.